The topological polar surface area (TPSA) is 27.7 Å². The molecule has 0 radical (unpaired) electrons. The van der Waals surface area contributed by atoms with Gasteiger partial charge in [0.15, 0.2) is 9.76 Å². The SMILES string of the molecule is CCOC(=C[SiH2]OC)OCC. The largest absolute Gasteiger partial charge is 0.466 e. The Bertz CT molecular complexity index is 106. The van der Waals surface area contributed by atoms with E-state index < -0.39 is 9.76 Å². The van der Waals surface area contributed by atoms with Crippen LogP contribution < -0.4 is 0 Å². The molecule has 0 saturated carbocycles. The van der Waals surface area contributed by atoms with Gasteiger partial charge in [-0.2, -0.15) is 0 Å². The van der Waals surface area contributed by atoms with Crippen LogP contribution in [0, 0.1) is 0 Å². The summed E-state index contributed by atoms with van der Waals surface area (Å²) in [6.45, 7) is 5.15. The van der Waals surface area contributed by atoms with Crippen molar-refractivity contribution in [2.75, 3.05) is 20.3 Å². The summed E-state index contributed by atoms with van der Waals surface area (Å²) in [5.74, 6) is 0.614. The zero-order valence-electron chi connectivity index (χ0n) is 7.42. The van der Waals surface area contributed by atoms with Gasteiger partial charge >= 0.3 is 0 Å². The third kappa shape index (κ3) is 5.94. The third-order valence-electron chi connectivity index (χ3n) is 0.990. The number of ether oxygens (including phenoxy) is 2. The maximum absolute atomic E-state index is 5.18. The minimum absolute atomic E-state index is 0.578. The Morgan fingerprint density at radius 1 is 1.27 bits per heavy atom. The highest BCUT2D eigenvalue weighted by Crippen LogP contribution is 1.97. The highest BCUT2D eigenvalue weighted by atomic mass is 28.2. The van der Waals surface area contributed by atoms with Crippen LogP contribution in [0.3, 0.4) is 0 Å². The lowest BCUT2D eigenvalue weighted by Gasteiger charge is -2.07. The van der Waals surface area contributed by atoms with Crippen molar-refractivity contribution in [1.29, 1.82) is 0 Å². The standard InChI is InChI=1S/C7H16O3Si/c1-4-9-7(10-5-2)6-11-8-3/h6H,4-5,11H2,1-3H3. The first kappa shape index (κ1) is 10.5. The molecule has 0 spiro atoms. The number of rotatable bonds is 6. The average molecular weight is 176 g/mol. The lowest BCUT2D eigenvalue weighted by molar-refractivity contribution is 0.0473. The van der Waals surface area contributed by atoms with Gasteiger partial charge in [-0.25, -0.2) is 0 Å². The maximum Gasteiger partial charge on any atom is 0.272 e. The molecule has 0 atom stereocenters. The molecule has 0 N–H and O–H groups in total. The molecule has 0 aliphatic carbocycles. The van der Waals surface area contributed by atoms with Crippen molar-refractivity contribution in [2.24, 2.45) is 0 Å². The normalized spacial score (nSPS) is 10.1. The molecular formula is C7H16O3Si. The fourth-order valence-electron chi connectivity index (χ4n) is 0.595. The molecule has 0 aromatic heterocycles. The molecule has 0 aliphatic heterocycles. The smallest absolute Gasteiger partial charge is 0.272 e. The Kier molecular flexibility index (Phi) is 7.29. The van der Waals surface area contributed by atoms with Crippen LogP contribution in [0.25, 0.3) is 0 Å². The molecule has 0 unspecified atom stereocenters. The Morgan fingerprint density at radius 3 is 2.18 bits per heavy atom. The summed E-state index contributed by atoms with van der Waals surface area (Å²) in [4.78, 5) is 0. The van der Waals surface area contributed by atoms with Crippen molar-refractivity contribution in [3.63, 3.8) is 0 Å². The predicted molar refractivity (Wildman–Crippen MR) is 46.9 cm³/mol. The Hall–Kier alpha value is -0.483. The Balaban J connectivity index is 3.66. The predicted octanol–water partition coefficient (Wildman–Crippen LogP) is 0.588. The van der Waals surface area contributed by atoms with Crippen LogP contribution in [0.2, 0.25) is 0 Å². The fraction of sp³-hybridized carbons (Fsp3) is 0.714. The van der Waals surface area contributed by atoms with E-state index in [0.29, 0.717) is 19.2 Å². The molecule has 3 nitrogen and oxygen atoms in total. The molecule has 0 rings (SSSR count). The average Bonchev–Trinajstić information content (AvgIpc) is 2.01. The molecule has 0 amide bonds. The van der Waals surface area contributed by atoms with Crippen LogP contribution in [-0.2, 0) is 13.9 Å². The van der Waals surface area contributed by atoms with Gasteiger partial charge in [0, 0.05) is 12.8 Å². The number of hydrogen-bond acceptors (Lipinski definition) is 3. The van der Waals surface area contributed by atoms with E-state index in [4.69, 9.17) is 13.9 Å². The third-order valence-corrected chi connectivity index (χ3v) is 1.82. The van der Waals surface area contributed by atoms with Crippen molar-refractivity contribution in [3.05, 3.63) is 11.6 Å². The van der Waals surface area contributed by atoms with E-state index in [-0.39, 0.29) is 0 Å². The van der Waals surface area contributed by atoms with E-state index in [0.717, 1.165) is 0 Å². The van der Waals surface area contributed by atoms with Crippen LogP contribution in [0.4, 0.5) is 0 Å². The summed E-state index contributed by atoms with van der Waals surface area (Å²) < 4.78 is 15.3. The maximum atomic E-state index is 5.18. The summed E-state index contributed by atoms with van der Waals surface area (Å²) in [5, 5.41) is 0. The summed E-state index contributed by atoms with van der Waals surface area (Å²) in [7, 11) is 1.11. The second-order valence-corrected chi connectivity index (χ2v) is 3.16. The second-order valence-electron chi connectivity index (χ2n) is 1.84. The quantitative estimate of drug-likeness (QED) is 0.438. The van der Waals surface area contributed by atoms with Gasteiger partial charge in [0.25, 0.3) is 5.95 Å². The summed E-state index contributed by atoms with van der Waals surface area (Å²) in [5.41, 5.74) is 1.91. The zero-order chi connectivity index (χ0) is 8.53. The van der Waals surface area contributed by atoms with Crippen molar-refractivity contribution in [1.82, 2.24) is 0 Å². The lowest BCUT2D eigenvalue weighted by atomic mass is 10.8. The van der Waals surface area contributed by atoms with Crippen LogP contribution in [-0.4, -0.2) is 30.1 Å². The number of hydrogen-bond donors (Lipinski definition) is 0. The first-order chi connectivity index (χ1) is 5.35. The highest BCUT2D eigenvalue weighted by molar-refractivity contribution is 6.34. The van der Waals surface area contributed by atoms with E-state index in [1.54, 1.807) is 7.11 Å². The van der Waals surface area contributed by atoms with Gasteiger partial charge in [-0.3, -0.25) is 0 Å². The molecular weight excluding hydrogens is 160 g/mol. The van der Waals surface area contributed by atoms with Gasteiger partial charge < -0.3 is 13.9 Å². The van der Waals surface area contributed by atoms with Gasteiger partial charge in [0.1, 0.15) is 0 Å². The van der Waals surface area contributed by atoms with Gasteiger partial charge in [0.05, 0.1) is 13.2 Å². The molecule has 0 aromatic rings. The van der Waals surface area contributed by atoms with Crippen LogP contribution in [0.5, 0.6) is 0 Å². The minimum Gasteiger partial charge on any atom is -0.466 e. The Labute approximate surface area is 70.3 Å². The van der Waals surface area contributed by atoms with Gasteiger partial charge in [0.2, 0.25) is 0 Å². The summed E-state index contributed by atoms with van der Waals surface area (Å²) >= 11 is 0. The lowest BCUT2D eigenvalue weighted by Crippen LogP contribution is -2.00. The molecule has 66 valence electrons. The van der Waals surface area contributed by atoms with Gasteiger partial charge in [-0.05, 0) is 13.8 Å². The molecule has 0 fully saturated rings. The van der Waals surface area contributed by atoms with E-state index >= 15 is 0 Å². The van der Waals surface area contributed by atoms with E-state index in [9.17, 15) is 0 Å². The monoisotopic (exact) mass is 176 g/mol. The molecule has 11 heavy (non-hydrogen) atoms. The van der Waals surface area contributed by atoms with Crippen LogP contribution in [0.1, 0.15) is 13.8 Å². The summed E-state index contributed by atoms with van der Waals surface area (Å²) in [6.07, 6.45) is 0. The molecule has 0 heterocycles. The zero-order valence-corrected chi connectivity index (χ0v) is 8.84. The summed E-state index contributed by atoms with van der Waals surface area (Å²) in [6, 6.07) is 0. The molecule has 4 heteroatoms. The minimum atomic E-state index is -0.578. The second kappa shape index (κ2) is 7.62. The van der Waals surface area contributed by atoms with Crippen molar-refractivity contribution in [3.8, 4) is 0 Å². The van der Waals surface area contributed by atoms with E-state index in [1.807, 2.05) is 19.5 Å². The van der Waals surface area contributed by atoms with E-state index in [2.05, 4.69) is 0 Å². The molecule has 0 aromatic carbocycles. The van der Waals surface area contributed by atoms with E-state index in [1.165, 1.54) is 0 Å². The highest BCUT2D eigenvalue weighted by Gasteiger charge is 1.94. The molecule has 0 bridgehead atoms. The van der Waals surface area contributed by atoms with Crippen molar-refractivity contribution >= 4 is 9.76 Å². The van der Waals surface area contributed by atoms with Crippen LogP contribution >= 0.6 is 0 Å². The van der Waals surface area contributed by atoms with Gasteiger partial charge in [-0.15, -0.1) is 0 Å². The molecule has 0 saturated heterocycles. The van der Waals surface area contributed by atoms with Crippen LogP contribution in [0.15, 0.2) is 11.6 Å². The van der Waals surface area contributed by atoms with Crippen molar-refractivity contribution < 1.29 is 13.9 Å². The van der Waals surface area contributed by atoms with Crippen molar-refractivity contribution in [2.45, 2.75) is 13.8 Å². The fourth-order valence-corrected chi connectivity index (χ4v) is 1.13. The Morgan fingerprint density at radius 2 is 1.82 bits per heavy atom. The molecule has 0 aliphatic rings. The first-order valence-electron chi connectivity index (χ1n) is 3.79. The van der Waals surface area contributed by atoms with Gasteiger partial charge in [-0.1, -0.05) is 0 Å². The first-order valence-corrected chi connectivity index (χ1v) is 5.19.